The average Bonchev–Trinajstić information content (AvgIpc) is 3.30. The summed E-state index contributed by atoms with van der Waals surface area (Å²) in [6.07, 6.45) is 0.378. The number of piperazine rings is 1. The predicted molar refractivity (Wildman–Crippen MR) is 123 cm³/mol. The maximum atomic E-state index is 12.8. The largest absolute Gasteiger partial charge is 0.573 e. The number of hydrogen-bond donors (Lipinski definition) is 1. The van der Waals surface area contributed by atoms with Crippen LogP contribution in [0.3, 0.4) is 0 Å². The minimum atomic E-state index is -4.74. The molecule has 0 radical (unpaired) electrons. The Morgan fingerprint density at radius 3 is 2.51 bits per heavy atom. The zero-order chi connectivity index (χ0) is 24.4. The van der Waals surface area contributed by atoms with E-state index >= 15 is 0 Å². The molecule has 1 amide bonds. The fourth-order valence-corrected chi connectivity index (χ4v) is 4.12. The highest BCUT2D eigenvalue weighted by Gasteiger charge is 2.31. The number of fused-ring (bicyclic) bond motifs is 1. The molecule has 4 aromatic rings. The molecule has 5 rings (SSSR count). The first-order chi connectivity index (χ1) is 16.9. The summed E-state index contributed by atoms with van der Waals surface area (Å²) in [6, 6.07) is 11.2. The van der Waals surface area contributed by atoms with Crippen LogP contribution in [0.4, 0.5) is 19.0 Å². The molecule has 4 heterocycles. The van der Waals surface area contributed by atoms with Gasteiger partial charge in [0.1, 0.15) is 23.5 Å². The number of carbonyl (C=O) groups excluding carboxylic acids is 1. The molecule has 1 saturated heterocycles. The van der Waals surface area contributed by atoms with Crippen LogP contribution in [-0.4, -0.2) is 63.3 Å². The van der Waals surface area contributed by atoms with Crippen LogP contribution in [0.5, 0.6) is 5.75 Å². The lowest BCUT2D eigenvalue weighted by Gasteiger charge is -2.35. The molecule has 1 aliphatic rings. The van der Waals surface area contributed by atoms with Gasteiger partial charge in [0, 0.05) is 49.8 Å². The molecule has 1 aromatic carbocycles. The van der Waals surface area contributed by atoms with Gasteiger partial charge < -0.3 is 19.5 Å². The van der Waals surface area contributed by atoms with Gasteiger partial charge in [0.2, 0.25) is 5.91 Å². The number of rotatable bonds is 5. The molecule has 0 saturated carbocycles. The third-order valence-corrected chi connectivity index (χ3v) is 5.82. The lowest BCUT2D eigenvalue weighted by molar-refractivity contribution is -0.274. The first kappa shape index (κ1) is 22.6. The van der Waals surface area contributed by atoms with Gasteiger partial charge in [-0.3, -0.25) is 9.78 Å². The number of aromatic amines is 1. The number of amides is 1. The van der Waals surface area contributed by atoms with Crippen molar-refractivity contribution in [2.75, 3.05) is 31.1 Å². The molecule has 0 aliphatic carbocycles. The Morgan fingerprint density at radius 1 is 1.06 bits per heavy atom. The molecule has 1 N–H and O–H groups in total. The number of nitrogens with one attached hydrogen (secondary N) is 1. The quantitative estimate of drug-likeness (QED) is 0.466. The smallest absolute Gasteiger partial charge is 0.406 e. The van der Waals surface area contributed by atoms with E-state index in [1.54, 1.807) is 17.3 Å². The number of halogens is 3. The average molecular weight is 482 g/mol. The first-order valence-corrected chi connectivity index (χ1v) is 11.0. The van der Waals surface area contributed by atoms with Crippen molar-refractivity contribution in [1.29, 1.82) is 0 Å². The van der Waals surface area contributed by atoms with Crippen molar-refractivity contribution in [2.45, 2.75) is 12.8 Å². The predicted octanol–water partition coefficient (Wildman–Crippen LogP) is 3.81. The van der Waals surface area contributed by atoms with Crippen molar-refractivity contribution >= 4 is 22.8 Å². The van der Waals surface area contributed by atoms with E-state index in [0.29, 0.717) is 31.7 Å². The summed E-state index contributed by atoms with van der Waals surface area (Å²) in [5, 5.41) is 0.896. The molecule has 3 aromatic heterocycles. The van der Waals surface area contributed by atoms with E-state index in [9.17, 15) is 18.0 Å². The van der Waals surface area contributed by atoms with E-state index in [4.69, 9.17) is 0 Å². The van der Waals surface area contributed by atoms with E-state index in [1.165, 1.54) is 30.6 Å². The van der Waals surface area contributed by atoms with Crippen molar-refractivity contribution in [2.24, 2.45) is 0 Å². The van der Waals surface area contributed by atoms with Crippen molar-refractivity contribution in [3.63, 3.8) is 0 Å². The molecule has 0 bridgehead atoms. The fourth-order valence-electron chi connectivity index (χ4n) is 4.12. The summed E-state index contributed by atoms with van der Waals surface area (Å²) in [6.45, 7) is 2.23. The summed E-state index contributed by atoms with van der Waals surface area (Å²) in [7, 11) is 0. The molecule has 0 spiro atoms. The van der Waals surface area contributed by atoms with E-state index in [-0.39, 0.29) is 18.1 Å². The summed E-state index contributed by atoms with van der Waals surface area (Å²) in [4.78, 5) is 32.9. The number of hydrogen-bond acceptors (Lipinski definition) is 6. The Morgan fingerprint density at radius 2 is 1.83 bits per heavy atom. The molecular weight excluding hydrogens is 461 g/mol. The van der Waals surface area contributed by atoms with Gasteiger partial charge in [-0.05, 0) is 35.9 Å². The SMILES string of the molecule is O=C(Cc1ccc(OC(F)(F)F)cc1)N1CCN(c2ncnc3[nH]c(-c4cccnc4)cc23)CC1. The van der Waals surface area contributed by atoms with E-state index in [1.807, 2.05) is 18.2 Å². The van der Waals surface area contributed by atoms with Crippen molar-refractivity contribution in [1.82, 2.24) is 24.8 Å². The van der Waals surface area contributed by atoms with Gasteiger partial charge in [-0.2, -0.15) is 0 Å². The summed E-state index contributed by atoms with van der Waals surface area (Å²) in [5.41, 5.74) is 3.20. The van der Waals surface area contributed by atoms with Gasteiger partial charge in [0.25, 0.3) is 0 Å². The molecule has 35 heavy (non-hydrogen) atoms. The van der Waals surface area contributed by atoms with Crippen LogP contribution >= 0.6 is 0 Å². The Kier molecular flexibility index (Phi) is 5.98. The zero-order valence-electron chi connectivity index (χ0n) is 18.5. The zero-order valence-corrected chi connectivity index (χ0v) is 18.5. The van der Waals surface area contributed by atoms with Gasteiger partial charge in [-0.25, -0.2) is 9.97 Å². The second-order valence-corrected chi connectivity index (χ2v) is 8.12. The van der Waals surface area contributed by atoms with Crippen LogP contribution in [0.25, 0.3) is 22.3 Å². The molecule has 0 atom stereocenters. The lowest BCUT2D eigenvalue weighted by atomic mass is 10.1. The van der Waals surface area contributed by atoms with E-state index in [2.05, 4.69) is 29.6 Å². The van der Waals surface area contributed by atoms with Gasteiger partial charge in [-0.15, -0.1) is 13.2 Å². The van der Waals surface area contributed by atoms with Crippen LogP contribution in [0.2, 0.25) is 0 Å². The van der Waals surface area contributed by atoms with Gasteiger partial charge >= 0.3 is 6.36 Å². The number of anilines is 1. The maximum Gasteiger partial charge on any atom is 0.573 e. The van der Waals surface area contributed by atoms with Crippen LogP contribution in [-0.2, 0) is 11.2 Å². The summed E-state index contributed by atoms with van der Waals surface area (Å²) >= 11 is 0. The highest BCUT2D eigenvalue weighted by molar-refractivity contribution is 5.92. The highest BCUT2D eigenvalue weighted by atomic mass is 19.4. The number of alkyl halides is 3. The molecule has 11 heteroatoms. The molecule has 8 nitrogen and oxygen atoms in total. The normalized spacial score (nSPS) is 14.4. The van der Waals surface area contributed by atoms with Gasteiger partial charge in [0.05, 0.1) is 11.8 Å². The number of benzene rings is 1. The lowest BCUT2D eigenvalue weighted by Crippen LogP contribution is -2.49. The van der Waals surface area contributed by atoms with Crippen LogP contribution in [0, 0.1) is 0 Å². The third-order valence-electron chi connectivity index (χ3n) is 5.82. The molecular formula is C24H21F3N6O2. The fraction of sp³-hybridized carbons (Fsp3) is 0.250. The van der Waals surface area contributed by atoms with E-state index in [0.717, 1.165) is 28.1 Å². The molecule has 1 aliphatic heterocycles. The Bertz CT molecular complexity index is 1320. The highest BCUT2D eigenvalue weighted by Crippen LogP contribution is 2.29. The second-order valence-electron chi connectivity index (χ2n) is 8.12. The van der Waals surface area contributed by atoms with Crippen molar-refractivity contribution < 1.29 is 22.7 Å². The first-order valence-electron chi connectivity index (χ1n) is 11.0. The topological polar surface area (TPSA) is 87.2 Å². The minimum Gasteiger partial charge on any atom is -0.406 e. The third kappa shape index (κ3) is 5.18. The van der Waals surface area contributed by atoms with Gasteiger partial charge in [-0.1, -0.05) is 12.1 Å². The van der Waals surface area contributed by atoms with E-state index < -0.39 is 6.36 Å². The number of ether oxygens (including phenoxy) is 1. The van der Waals surface area contributed by atoms with Crippen LogP contribution in [0.15, 0.2) is 61.2 Å². The second kappa shape index (κ2) is 9.24. The Hall–Kier alpha value is -4.15. The standard InChI is InChI=1S/C24H21F3N6O2/c25-24(26,27)35-18-5-3-16(4-6-18)12-21(34)32-8-10-33(11-9-32)23-19-13-20(17-2-1-7-28-14-17)31-22(19)29-15-30-23/h1-7,13-15H,8-12H2,(H,29,30,31). The number of aromatic nitrogens is 4. The van der Waals surface area contributed by atoms with Crippen molar-refractivity contribution in [3.8, 4) is 17.0 Å². The molecule has 180 valence electrons. The molecule has 1 fully saturated rings. The number of nitrogens with zero attached hydrogens (tertiary/aromatic N) is 5. The number of pyridine rings is 1. The monoisotopic (exact) mass is 482 g/mol. The Labute approximate surface area is 198 Å². The summed E-state index contributed by atoms with van der Waals surface area (Å²) in [5.74, 6) is 0.408. The van der Waals surface area contributed by atoms with Crippen LogP contribution < -0.4 is 9.64 Å². The number of carbonyl (C=O) groups is 1. The Balaban J connectivity index is 1.22. The van der Waals surface area contributed by atoms with Crippen LogP contribution in [0.1, 0.15) is 5.56 Å². The van der Waals surface area contributed by atoms with Gasteiger partial charge in [0.15, 0.2) is 0 Å². The number of H-pyrrole nitrogens is 1. The van der Waals surface area contributed by atoms with Crippen molar-refractivity contribution in [3.05, 3.63) is 66.7 Å². The maximum absolute atomic E-state index is 12.8. The molecule has 0 unspecified atom stereocenters. The summed E-state index contributed by atoms with van der Waals surface area (Å²) < 4.78 is 40.8. The minimum absolute atomic E-state index is 0.0810.